The molecule has 0 unspecified atom stereocenters. The second-order valence-electron chi connectivity index (χ2n) is 9.87. The summed E-state index contributed by atoms with van der Waals surface area (Å²) in [6, 6.07) is 25.0. The number of unbranched alkanes of at least 4 members (excludes halogenated alkanes) is 3. The fraction of sp³-hybridized carbons (Fsp3) is 0.412. The van der Waals surface area contributed by atoms with Crippen LogP contribution in [0.15, 0.2) is 72.8 Å². The van der Waals surface area contributed by atoms with Gasteiger partial charge in [-0.3, -0.25) is 0 Å². The molecule has 1 saturated heterocycles. The van der Waals surface area contributed by atoms with Gasteiger partial charge in [0.2, 0.25) is 0 Å². The first kappa shape index (κ1) is 27.9. The molecule has 202 valence electrons. The van der Waals surface area contributed by atoms with Gasteiger partial charge in [-0.05, 0) is 72.6 Å². The molecular weight excluding hydrogens is 472 g/mol. The predicted octanol–water partition coefficient (Wildman–Crippen LogP) is 8.48. The van der Waals surface area contributed by atoms with Crippen LogP contribution >= 0.6 is 0 Å². The molecule has 4 rings (SSSR count). The van der Waals surface area contributed by atoms with Gasteiger partial charge in [-0.15, -0.1) is 0 Å². The van der Waals surface area contributed by atoms with E-state index in [1.807, 2.05) is 24.3 Å². The quantitative estimate of drug-likeness (QED) is 0.151. The van der Waals surface area contributed by atoms with Gasteiger partial charge in [-0.25, -0.2) is 0 Å². The summed E-state index contributed by atoms with van der Waals surface area (Å²) in [5.41, 5.74) is 4.62. The molecule has 1 aliphatic rings. The van der Waals surface area contributed by atoms with E-state index in [0.717, 1.165) is 72.6 Å². The lowest BCUT2D eigenvalue weighted by Gasteiger charge is -2.22. The zero-order valence-corrected chi connectivity index (χ0v) is 22.8. The average Bonchev–Trinajstić information content (AvgIpc) is 2.97. The van der Waals surface area contributed by atoms with Crippen molar-refractivity contribution < 1.29 is 18.9 Å². The Morgan fingerprint density at radius 2 is 1.55 bits per heavy atom. The highest BCUT2D eigenvalue weighted by Crippen LogP contribution is 2.22. The fourth-order valence-electron chi connectivity index (χ4n) is 4.47. The molecule has 1 heterocycles. The Balaban J connectivity index is 1.21. The third-order valence-electron chi connectivity index (χ3n) is 6.77. The van der Waals surface area contributed by atoms with Gasteiger partial charge in [0.05, 0.1) is 13.2 Å². The SMILES string of the molecule is CCCCCCOc1ccc(C=Cc2ccc(COc3ccccc3CCO[C@@H]3CCCCO3)cc2)cc1. The van der Waals surface area contributed by atoms with Crippen LogP contribution in [0.2, 0.25) is 0 Å². The normalized spacial score (nSPS) is 15.6. The standard InChI is InChI=1S/C34H42O4/c1-2-3-4-8-24-35-32-21-19-29(20-22-32)14-13-28-15-17-30(18-16-28)27-38-33-11-6-5-10-31(33)23-26-37-34-12-7-9-25-36-34/h5-6,10-11,13-22,34H,2-4,7-9,12,23-27H2,1H3/t34-/m1/s1. The Hall–Kier alpha value is -3.08. The van der Waals surface area contributed by atoms with Gasteiger partial charge >= 0.3 is 0 Å². The van der Waals surface area contributed by atoms with Crippen LogP contribution < -0.4 is 9.47 Å². The maximum absolute atomic E-state index is 6.18. The lowest BCUT2D eigenvalue weighted by molar-refractivity contribution is -0.161. The van der Waals surface area contributed by atoms with E-state index < -0.39 is 0 Å². The molecule has 0 saturated carbocycles. The van der Waals surface area contributed by atoms with Crippen molar-refractivity contribution in [1.29, 1.82) is 0 Å². The summed E-state index contributed by atoms with van der Waals surface area (Å²) in [7, 11) is 0. The Labute approximate surface area is 228 Å². The van der Waals surface area contributed by atoms with Gasteiger partial charge in [0.1, 0.15) is 18.1 Å². The first-order valence-electron chi connectivity index (χ1n) is 14.2. The van der Waals surface area contributed by atoms with Crippen molar-refractivity contribution >= 4 is 12.2 Å². The molecule has 0 amide bonds. The van der Waals surface area contributed by atoms with Crippen LogP contribution in [0.25, 0.3) is 12.2 Å². The maximum Gasteiger partial charge on any atom is 0.157 e. The molecule has 0 spiro atoms. The van der Waals surface area contributed by atoms with Gasteiger partial charge in [0.25, 0.3) is 0 Å². The predicted molar refractivity (Wildman–Crippen MR) is 155 cm³/mol. The summed E-state index contributed by atoms with van der Waals surface area (Å²) in [5.74, 6) is 1.85. The molecule has 4 heteroatoms. The molecular formula is C34H42O4. The second-order valence-corrected chi connectivity index (χ2v) is 9.87. The minimum Gasteiger partial charge on any atom is -0.494 e. The van der Waals surface area contributed by atoms with Crippen molar-refractivity contribution in [2.24, 2.45) is 0 Å². The van der Waals surface area contributed by atoms with Gasteiger partial charge in [0, 0.05) is 6.61 Å². The summed E-state index contributed by atoms with van der Waals surface area (Å²) < 4.78 is 23.6. The topological polar surface area (TPSA) is 36.9 Å². The summed E-state index contributed by atoms with van der Waals surface area (Å²) in [6.45, 7) is 5.00. The molecule has 1 fully saturated rings. The Kier molecular flexibility index (Phi) is 11.8. The number of hydrogen-bond donors (Lipinski definition) is 0. The van der Waals surface area contributed by atoms with Gasteiger partial charge in [-0.1, -0.05) is 92.9 Å². The van der Waals surface area contributed by atoms with E-state index >= 15 is 0 Å². The lowest BCUT2D eigenvalue weighted by Crippen LogP contribution is -2.23. The smallest absolute Gasteiger partial charge is 0.157 e. The third-order valence-corrected chi connectivity index (χ3v) is 6.77. The number of para-hydroxylation sites is 1. The van der Waals surface area contributed by atoms with E-state index in [1.54, 1.807) is 0 Å². The molecule has 0 N–H and O–H groups in total. The van der Waals surface area contributed by atoms with Crippen LogP contribution in [0, 0.1) is 0 Å². The van der Waals surface area contributed by atoms with E-state index in [4.69, 9.17) is 18.9 Å². The van der Waals surface area contributed by atoms with Crippen LogP contribution in [-0.4, -0.2) is 26.1 Å². The summed E-state index contributed by atoms with van der Waals surface area (Å²) >= 11 is 0. The highest BCUT2D eigenvalue weighted by Gasteiger charge is 2.14. The summed E-state index contributed by atoms with van der Waals surface area (Å²) in [5, 5.41) is 0. The Morgan fingerprint density at radius 1 is 0.789 bits per heavy atom. The molecule has 0 aliphatic carbocycles. The van der Waals surface area contributed by atoms with Crippen molar-refractivity contribution in [3.05, 3.63) is 95.1 Å². The molecule has 0 radical (unpaired) electrons. The van der Waals surface area contributed by atoms with Crippen LogP contribution in [0.5, 0.6) is 11.5 Å². The van der Waals surface area contributed by atoms with Crippen molar-refractivity contribution in [1.82, 2.24) is 0 Å². The van der Waals surface area contributed by atoms with E-state index in [2.05, 4.69) is 67.6 Å². The molecule has 4 nitrogen and oxygen atoms in total. The van der Waals surface area contributed by atoms with Crippen molar-refractivity contribution in [2.75, 3.05) is 19.8 Å². The van der Waals surface area contributed by atoms with E-state index in [1.165, 1.54) is 25.7 Å². The average molecular weight is 515 g/mol. The van der Waals surface area contributed by atoms with Crippen LogP contribution in [0.4, 0.5) is 0 Å². The second kappa shape index (κ2) is 16.0. The monoisotopic (exact) mass is 514 g/mol. The third kappa shape index (κ3) is 9.66. The first-order valence-corrected chi connectivity index (χ1v) is 14.2. The zero-order valence-electron chi connectivity index (χ0n) is 22.8. The van der Waals surface area contributed by atoms with Crippen molar-refractivity contribution in [2.45, 2.75) is 71.2 Å². The number of ether oxygens (including phenoxy) is 4. The number of rotatable bonds is 15. The lowest BCUT2D eigenvalue weighted by atomic mass is 10.1. The highest BCUT2D eigenvalue weighted by molar-refractivity contribution is 5.69. The number of hydrogen-bond acceptors (Lipinski definition) is 4. The fourth-order valence-corrected chi connectivity index (χ4v) is 4.47. The van der Waals surface area contributed by atoms with Gasteiger partial charge in [-0.2, -0.15) is 0 Å². The molecule has 1 aliphatic heterocycles. The molecule has 38 heavy (non-hydrogen) atoms. The first-order chi connectivity index (χ1) is 18.8. The van der Waals surface area contributed by atoms with Crippen LogP contribution in [0.3, 0.4) is 0 Å². The summed E-state index contributed by atoms with van der Waals surface area (Å²) in [6.07, 6.45) is 13.2. The van der Waals surface area contributed by atoms with Crippen molar-refractivity contribution in [3.8, 4) is 11.5 Å². The van der Waals surface area contributed by atoms with E-state index in [9.17, 15) is 0 Å². The summed E-state index contributed by atoms with van der Waals surface area (Å²) in [4.78, 5) is 0. The largest absolute Gasteiger partial charge is 0.494 e. The minimum absolute atomic E-state index is 0.0529. The molecule has 3 aromatic rings. The minimum atomic E-state index is -0.0529. The zero-order chi connectivity index (χ0) is 26.3. The molecule has 0 aromatic heterocycles. The van der Waals surface area contributed by atoms with Gasteiger partial charge in [0.15, 0.2) is 6.29 Å². The van der Waals surface area contributed by atoms with E-state index in [0.29, 0.717) is 13.2 Å². The van der Waals surface area contributed by atoms with E-state index in [-0.39, 0.29) is 6.29 Å². The Bertz CT molecular complexity index is 1080. The molecule has 0 bridgehead atoms. The van der Waals surface area contributed by atoms with Gasteiger partial charge < -0.3 is 18.9 Å². The van der Waals surface area contributed by atoms with Crippen molar-refractivity contribution in [3.63, 3.8) is 0 Å². The maximum atomic E-state index is 6.18. The Morgan fingerprint density at radius 3 is 2.29 bits per heavy atom. The highest BCUT2D eigenvalue weighted by atomic mass is 16.7. The molecule has 1 atom stereocenters. The van der Waals surface area contributed by atoms with Crippen LogP contribution in [-0.2, 0) is 22.5 Å². The number of benzene rings is 3. The van der Waals surface area contributed by atoms with Crippen LogP contribution in [0.1, 0.15) is 74.1 Å². The molecule has 3 aromatic carbocycles.